The van der Waals surface area contributed by atoms with E-state index in [-0.39, 0.29) is 16.9 Å². The number of hydrogen-bond acceptors (Lipinski definition) is 4. The highest BCUT2D eigenvalue weighted by atomic mass is 32.2. The number of aryl methyl sites for hydroxylation is 2. The topological polar surface area (TPSA) is 81.2 Å². The van der Waals surface area contributed by atoms with Crippen LogP contribution in [0.5, 0.6) is 0 Å². The van der Waals surface area contributed by atoms with Gasteiger partial charge < -0.3 is 10.3 Å². The zero-order valence-electron chi connectivity index (χ0n) is 12.6. The molecule has 0 bridgehead atoms. The predicted octanol–water partition coefficient (Wildman–Crippen LogP) is 1.69. The van der Waals surface area contributed by atoms with Crippen molar-refractivity contribution in [2.24, 2.45) is 7.05 Å². The largest absolute Gasteiger partial charge is 0.381 e. The molecule has 0 aliphatic rings. The molecule has 0 radical (unpaired) electrons. The first-order valence-electron chi connectivity index (χ1n) is 6.56. The molecule has 0 aliphatic carbocycles. The molecular formula is C14H20N4O2S. The Labute approximate surface area is 125 Å². The Kier molecular flexibility index (Phi) is 4.06. The average molecular weight is 308 g/mol. The molecule has 1 atom stereocenters. The molecule has 0 spiro atoms. The first kappa shape index (κ1) is 15.5. The average Bonchev–Trinajstić information content (AvgIpc) is 2.78. The van der Waals surface area contributed by atoms with Crippen LogP contribution in [0.15, 0.2) is 35.6 Å². The molecule has 0 amide bonds. The number of aromatic nitrogens is 2. The summed E-state index contributed by atoms with van der Waals surface area (Å²) < 4.78 is 28.1. The van der Waals surface area contributed by atoms with Crippen molar-refractivity contribution in [3.63, 3.8) is 0 Å². The Morgan fingerprint density at radius 1 is 1.29 bits per heavy atom. The van der Waals surface area contributed by atoms with Gasteiger partial charge in [-0.05, 0) is 19.4 Å². The number of anilines is 1. The molecule has 7 heteroatoms. The molecule has 0 saturated heterocycles. The maximum atomic E-state index is 12.7. The van der Waals surface area contributed by atoms with Gasteiger partial charge in [-0.3, -0.25) is 0 Å². The highest BCUT2D eigenvalue weighted by molar-refractivity contribution is 7.89. The Morgan fingerprint density at radius 2 is 1.86 bits per heavy atom. The first-order valence-corrected chi connectivity index (χ1v) is 8.00. The summed E-state index contributed by atoms with van der Waals surface area (Å²) in [5.74, 6) is 0.0143. The van der Waals surface area contributed by atoms with E-state index in [1.165, 1.54) is 15.2 Å². The van der Waals surface area contributed by atoms with Crippen LogP contribution in [0.1, 0.15) is 24.1 Å². The molecule has 21 heavy (non-hydrogen) atoms. The second-order valence-corrected chi connectivity index (χ2v) is 7.07. The number of rotatable bonds is 4. The van der Waals surface area contributed by atoms with Crippen molar-refractivity contribution in [1.29, 1.82) is 0 Å². The van der Waals surface area contributed by atoms with Crippen LogP contribution in [-0.2, 0) is 17.1 Å². The van der Waals surface area contributed by atoms with Crippen molar-refractivity contribution in [2.45, 2.75) is 24.9 Å². The number of benzene rings is 1. The number of sulfonamides is 1. The lowest BCUT2D eigenvalue weighted by Crippen LogP contribution is -2.31. The maximum Gasteiger partial charge on any atom is 0.262 e. The van der Waals surface area contributed by atoms with Gasteiger partial charge in [-0.1, -0.05) is 29.8 Å². The molecule has 0 aliphatic heterocycles. The molecule has 2 rings (SSSR count). The van der Waals surface area contributed by atoms with Gasteiger partial charge in [0.2, 0.25) is 0 Å². The van der Waals surface area contributed by atoms with Crippen LogP contribution < -0.4 is 5.73 Å². The fourth-order valence-electron chi connectivity index (χ4n) is 2.15. The molecule has 6 nitrogen and oxygen atoms in total. The van der Waals surface area contributed by atoms with Crippen LogP contribution >= 0.6 is 0 Å². The molecular weight excluding hydrogens is 288 g/mol. The minimum atomic E-state index is -3.71. The van der Waals surface area contributed by atoms with Gasteiger partial charge >= 0.3 is 0 Å². The molecule has 1 heterocycles. The lowest BCUT2D eigenvalue weighted by atomic mass is 10.1. The van der Waals surface area contributed by atoms with Crippen molar-refractivity contribution in [3.8, 4) is 0 Å². The van der Waals surface area contributed by atoms with Crippen LogP contribution in [0.2, 0.25) is 0 Å². The van der Waals surface area contributed by atoms with E-state index in [4.69, 9.17) is 5.73 Å². The van der Waals surface area contributed by atoms with E-state index in [9.17, 15) is 8.42 Å². The van der Waals surface area contributed by atoms with Gasteiger partial charge in [0.25, 0.3) is 10.0 Å². The smallest absolute Gasteiger partial charge is 0.262 e. The molecule has 1 aromatic heterocycles. The van der Waals surface area contributed by atoms with Gasteiger partial charge in [0.1, 0.15) is 0 Å². The van der Waals surface area contributed by atoms with Gasteiger partial charge in [0.15, 0.2) is 10.8 Å². The number of hydrogen-bond donors (Lipinski definition) is 1. The third-order valence-electron chi connectivity index (χ3n) is 3.64. The van der Waals surface area contributed by atoms with Gasteiger partial charge in [0.05, 0.1) is 6.33 Å². The van der Waals surface area contributed by atoms with Crippen molar-refractivity contribution in [2.75, 3.05) is 12.8 Å². The zero-order valence-corrected chi connectivity index (χ0v) is 13.4. The Balaban J connectivity index is 2.38. The molecule has 1 unspecified atom stereocenters. The number of nitrogens with two attached hydrogens (primary N) is 1. The van der Waals surface area contributed by atoms with Crippen molar-refractivity contribution in [3.05, 3.63) is 41.7 Å². The fourth-order valence-corrected chi connectivity index (χ4v) is 3.69. The lowest BCUT2D eigenvalue weighted by Gasteiger charge is -2.25. The van der Waals surface area contributed by atoms with Crippen LogP contribution in [0, 0.1) is 6.92 Å². The minimum absolute atomic E-state index is 0.0143. The Morgan fingerprint density at radius 3 is 2.33 bits per heavy atom. The Bertz CT molecular complexity index is 715. The van der Waals surface area contributed by atoms with Crippen molar-refractivity contribution in [1.82, 2.24) is 13.9 Å². The number of nitrogens with zero attached hydrogens (tertiary/aromatic N) is 3. The van der Waals surface area contributed by atoms with E-state index in [0.29, 0.717) is 0 Å². The zero-order chi connectivity index (χ0) is 15.8. The summed E-state index contributed by atoms with van der Waals surface area (Å²) in [7, 11) is -0.546. The van der Waals surface area contributed by atoms with E-state index in [0.717, 1.165) is 11.1 Å². The second kappa shape index (κ2) is 5.50. The van der Waals surface area contributed by atoms with Gasteiger partial charge in [-0.15, -0.1) is 0 Å². The third kappa shape index (κ3) is 2.79. The number of imidazole rings is 1. The quantitative estimate of drug-likeness (QED) is 0.932. The lowest BCUT2D eigenvalue weighted by molar-refractivity contribution is 0.395. The van der Waals surface area contributed by atoms with E-state index >= 15 is 0 Å². The molecule has 1 aromatic carbocycles. The maximum absolute atomic E-state index is 12.7. The summed E-state index contributed by atoms with van der Waals surface area (Å²) in [6, 6.07) is 7.48. The molecule has 2 N–H and O–H groups in total. The summed E-state index contributed by atoms with van der Waals surface area (Å²) in [5, 5.41) is 0.0176. The Hall–Kier alpha value is -1.86. The second-order valence-electron chi connectivity index (χ2n) is 5.15. The minimum Gasteiger partial charge on any atom is -0.381 e. The van der Waals surface area contributed by atoms with Gasteiger partial charge in [0, 0.05) is 20.1 Å². The molecule has 0 saturated carbocycles. The normalized spacial score (nSPS) is 13.6. The van der Waals surface area contributed by atoms with Gasteiger partial charge in [-0.2, -0.15) is 4.31 Å². The van der Waals surface area contributed by atoms with E-state index < -0.39 is 10.0 Å². The monoisotopic (exact) mass is 308 g/mol. The standard InChI is InChI=1S/C14H20N4O2S/c1-10-5-7-12(8-6-10)11(2)18(4)21(19,20)14-13(15)16-9-17(14)3/h5-9,11H,15H2,1-4H3. The van der Waals surface area contributed by atoms with Crippen molar-refractivity contribution < 1.29 is 8.42 Å². The summed E-state index contributed by atoms with van der Waals surface area (Å²) in [6.45, 7) is 3.83. The summed E-state index contributed by atoms with van der Waals surface area (Å²) in [6.07, 6.45) is 1.40. The van der Waals surface area contributed by atoms with Gasteiger partial charge in [-0.25, -0.2) is 13.4 Å². The molecule has 0 fully saturated rings. The summed E-state index contributed by atoms with van der Waals surface area (Å²) in [4.78, 5) is 3.84. The van der Waals surface area contributed by atoms with Crippen LogP contribution in [-0.4, -0.2) is 29.3 Å². The highest BCUT2D eigenvalue weighted by Crippen LogP contribution is 2.27. The SMILES string of the molecule is Cc1ccc(C(C)N(C)S(=O)(=O)c2c(N)ncn2C)cc1. The van der Waals surface area contributed by atoms with Crippen LogP contribution in [0.25, 0.3) is 0 Å². The molecule has 2 aromatic rings. The highest BCUT2D eigenvalue weighted by Gasteiger charge is 2.31. The van der Waals surface area contributed by atoms with E-state index in [1.807, 2.05) is 38.1 Å². The first-order chi connectivity index (χ1) is 9.75. The molecule has 114 valence electrons. The fraction of sp³-hybridized carbons (Fsp3) is 0.357. The van der Waals surface area contributed by atoms with E-state index in [2.05, 4.69) is 4.98 Å². The third-order valence-corrected chi connectivity index (χ3v) is 5.70. The summed E-state index contributed by atoms with van der Waals surface area (Å²) >= 11 is 0. The predicted molar refractivity (Wildman–Crippen MR) is 82.2 cm³/mol. The van der Waals surface area contributed by atoms with Crippen LogP contribution in [0.4, 0.5) is 5.82 Å². The summed E-state index contributed by atoms with van der Waals surface area (Å²) in [5.41, 5.74) is 7.74. The van der Waals surface area contributed by atoms with E-state index in [1.54, 1.807) is 14.1 Å². The number of nitrogen functional groups attached to an aromatic ring is 1. The van der Waals surface area contributed by atoms with Crippen LogP contribution in [0.3, 0.4) is 0 Å². The van der Waals surface area contributed by atoms with Crippen molar-refractivity contribution >= 4 is 15.8 Å².